The predicted molar refractivity (Wildman–Crippen MR) is 131 cm³/mol. The van der Waals surface area contributed by atoms with Gasteiger partial charge in [0, 0.05) is 58.4 Å². The molecule has 1 aliphatic heterocycles. The lowest BCUT2D eigenvalue weighted by molar-refractivity contribution is 0.172. The molecule has 0 atom stereocenters. The van der Waals surface area contributed by atoms with Crippen LogP contribution in [0.1, 0.15) is 26.3 Å². The van der Waals surface area contributed by atoms with Gasteiger partial charge in [-0.1, -0.05) is 6.07 Å². The molecule has 29 heavy (non-hydrogen) atoms. The molecule has 2 rings (SSSR count). The lowest BCUT2D eigenvalue weighted by Gasteiger charge is -2.36. The van der Waals surface area contributed by atoms with Crippen LogP contribution in [0.5, 0.6) is 11.5 Å². The summed E-state index contributed by atoms with van der Waals surface area (Å²) in [5.74, 6) is 2.54. The molecule has 7 nitrogen and oxygen atoms in total. The number of nitrogens with one attached hydrogen (secondary N) is 2. The summed E-state index contributed by atoms with van der Waals surface area (Å²) in [6, 6.07) is 6.14. The van der Waals surface area contributed by atoms with Crippen LogP contribution in [0.15, 0.2) is 23.2 Å². The van der Waals surface area contributed by atoms with Crippen LogP contribution in [0.2, 0.25) is 0 Å². The first-order valence-corrected chi connectivity index (χ1v) is 10.00. The van der Waals surface area contributed by atoms with Crippen LogP contribution >= 0.6 is 24.0 Å². The molecule has 8 heteroatoms. The number of piperazine rings is 1. The van der Waals surface area contributed by atoms with Crippen molar-refractivity contribution in [2.24, 2.45) is 4.99 Å². The monoisotopic (exact) mass is 519 g/mol. The van der Waals surface area contributed by atoms with Crippen LogP contribution in [-0.4, -0.2) is 81.8 Å². The minimum absolute atomic E-state index is 0. The zero-order chi connectivity index (χ0) is 20.6. The number of rotatable bonds is 7. The van der Waals surface area contributed by atoms with Gasteiger partial charge in [0.1, 0.15) is 0 Å². The van der Waals surface area contributed by atoms with Crippen LogP contribution in [0.25, 0.3) is 0 Å². The minimum atomic E-state index is 0. The van der Waals surface area contributed by atoms with Gasteiger partial charge in [-0.2, -0.15) is 0 Å². The molecule has 0 aromatic heterocycles. The molecule has 0 spiro atoms. The summed E-state index contributed by atoms with van der Waals surface area (Å²) in [6.45, 7) is 13.2. The Morgan fingerprint density at radius 3 is 2.24 bits per heavy atom. The van der Waals surface area contributed by atoms with Gasteiger partial charge in [-0.15, -0.1) is 24.0 Å². The summed E-state index contributed by atoms with van der Waals surface area (Å²) in [4.78, 5) is 9.25. The molecule has 1 aliphatic rings. The predicted octanol–water partition coefficient (Wildman–Crippen LogP) is 2.40. The molecule has 1 heterocycles. The molecule has 0 bridgehead atoms. The van der Waals surface area contributed by atoms with Gasteiger partial charge in [0.25, 0.3) is 0 Å². The molecule has 1 fully saturated rings. The van der Waals surface area contributed by atoms with Gasteiger partial charge >= 0.3 is 0 Å². The van der Waals surface area contributed by atoms with Crippen LogP contribution in [0, 0.1) is 0 Å². The van der Waals surface area contributed by atoms with Crippen LogP contribution < -0.4 is 20.1 Å². The first-order valence-electron chi connectivity index (χ1n) is 10.00. The van der Waals surface area contributed by atoms with Gasteiger partial charge in [-0.05, 0) is 38.5 Å². The Morgan fingerprint density at radius 1 is 1.03 bits per heavy atom. The van der Waals surface area contributed by atoms with Gasteiger partial charge in [0.15, 0.2) is 17.5 Å². The van der Waals surface area contributed by atoms with Crippen molar-refractivity contribution < 1.29 is 9.47 Å². The fraction of sp³-hybridized carbons (Fsp3) is 0.667. The van der Waals surface area contributed by atoms with Gasteiger partial charge in [-0.25, -0.2) is 0 Å². The second kappa shape index (κ2) is 12.4. The molecule has 0 amide bonds. The minimum Gasteiger partial charge on any atom is -0.493 e. The van der Waals surface area contributed by atoms with Gasteiger partial charge in [-0.3, -0.25) is 9.89 Å². The summed E-state index contributed by atoms with van der Waals surface area (Å²) >= 11 is 0. The quantitative estimate of drug-likeness (QED) is 0.250. The van der Waals surface area contributed by atoms with Crippen molar-refractivity contribution in [1.29, 1.82) is 0 Å². The molecule has 1 aromatic carbocycles. The molecule has 1 saturated heterocycles. The zero-order valence-corrected chi connectivity index (χ0v) is 21.1. The number of hydrogen-bond acceptors (Lipinski definition) is 5. The Bertz CT molecular complexity index is 640. The van der Waals surface area contributed by atoms with Crippen molar-refractivity contribution in [3.8, 4) is 11.5 Å². The Labute approximate surface area is 193 Å². The van der Waals surface area contributed by atoms with Gasteiger partial charge < -0.3 is 25.0 Å². The third kappa shape index (κ3) is 8.55. The van der Waals surface area contributed by atoms with Crippen molar-refractivity contribution in [2.45, 2.75) is 32.9 Å². The number of halogens is 1. The second-order valence-electron chi connectivity index (χ2n) is 8.10. The molecule has 166 valence electrons. The van der Waals surface area contributed by atoms with Crippen LogP contribution in [0.4, 0.5) is 0 Å². The fourth-order valence-electron chi connectivity index (χ4n) is 3.30. The first kappa shape index (κ1) is 25.8. The number of guanidine groups is 1. The lowest BCUT2D eigenvalue weighted by Crippen LogP contribution is -2.53. The molecule has 2 N–H and O–H groups in total. The molecule has 0 unspecified atom stereocenters. The van der Waals surface area contributed by atoms with Crippen molar-refractivity contribution in [3.63, 3.8) is 0 Å². The second-order valence-corrected chi connectivity index (χ2v) is 8.10. The van der Waals surface area contributed by atoms with E-state index in [1.165, 1.54) is 5.56 Å². The molecule has 0 saturated carbocycles. The number of benzene rings is 1. The Hall–Kier alpha value is -1.26. The van der Waals surface area contributed by atoms with Crippen LogP contribution in [-0.2, 0) is 6.54 Å². The van der Waals surface area contributed by atoms with Gasteiger partial charge in [0.05, 0.1) is 14.2 Å². The maximum atomic E-state index is 5.42. The fourth-order valence-corrected chi connectivity index (χ4v) is 3.30. The average molecular weight is 519 g/mol. The zero-order valence-electron chi connectivity index (χ0n) is 18.7. The number of aliphatic imine (C=N–C) groups is 1. The van der Waals surface area contributed by atoms with E-state index in [9.17, 15) is 0 Å². The van der Waals surface area contributed by atoms with E-state index in [4.69, 9.17) is 9.47 Å². The smallest absolute Gasteiger partial charge is 0.193 e. The average Bonchev–Trinajstić information content (AvgIpc) is 2.68. The molecular weight excluding hydrogens is 481 g/mol. The standard InChI is InChI=1S/C21H37N5O2.HI/c1-21(2,3)24-10-9-23-20(22-4)26-13-11-25(12-14-26)16-17-7-8-18(27-5)19(15-17)28-6;/h7-8,15,24H,9-14,16H2,1-6H3,(H,22,23);1H. The Morgan fingerprint density at radius 2 is 1.69 bits per heavy atom. The van der Waals surface area contributed by atoms with E-state index in [-0.39, 0.29) is 29.5 Å². The third-order valence-corrected chi connectivity index (χ3v) is 4.80. The largest absolute Gasteiger partial charge is 0.493 e. The topological polar surface area (TPSA) is 61.4 Å². The van der Waals surface area contributed by atoms with E-state index in [1.807, 2.05) is 13.1 Å². The van der Waals surface area contributed by atoms with Crippen LogP contribution in [0.3, 0.4) is 0 Å². The summed E-state index contributed by atoms with van der Waals surface area (Å²) < 4.78 is 10.7. The lowest BCUT2D eigenvalue weighted by atomic mass is 10.1. The maximum absolute atomic E-state index is 5.42. The summed E-state index contributed by atoms with van der Waals surface area (Å²) in [7, 11) is 5.20. The SMILES string of the molecule is CN=C(NCCNC(C)(C)C)N1CCN(Cc2ccc(OC)c(OC)c2)CC1.I. The third-order valence-electron chi connectivity index (χ3n) is 4.80. The summed E-state index contributed by atoms with van der Waals surface area (Å²) in [6.07, 6.45) is 0. The Balaban J connectivity index is 0.00000420. The highest BCUT2D eigenvalue weighted by Crippen LogP contribution is 2.28. The van der Waals surface area contributed by atoms with E-state index in [0.717, 1.165) is 63.3 Å². The molecular formula is C21H38IN5O2. The van der Waals surface area contributed by atoms with E-state index in [0.29, 0.717) is 0 Å². The normalized spacial score (nSPS) is 15.7. The first-order chi connectivity index (χ1) is 13.4. The van der Waals surface area contributed by atoms with E-state index >= 15 is 0 Å². The van der Waals surface area contributed by atoms with Crippen molar-refractivity contribution >= 4 is 29.9 Å². The maximum Gasteiger partial charge on any atom is 0.193 e. The highest BCUT2D eigenvalue weighted by molar-refractivity contribution is 14.0. The van der Waals surface area contributed by atoms with Crippen molar-refractivity contribution in [3.05, 3.63) is 23.8 Å². The number of nitrogens with zero attached hydrogens (tertiary/aromatic N) is 3. The molecule has 1 aromatic rings. The summed E-state index contributed by atoms with van der Waals surface area (Å²) in [5.41, 5.74) is 1.38. The summed E-state index contributed by atoms with van der Waals surface area (Å²) in [5, 5.41) is 6.96. The van der Waals surface area contributed by atoms with E-state index in [1.54, 1.807) is 14.2 Å². The molecule has 0 aliphatic carbocycles. The number of methoxy groups -OCH3 is 2. The highest BCUT2D eigenvalue weighted by atomic mass is 127. The Kier molecular flexibility index (Phi) is 11.1. The van der Waals surface area contributed by atoms with E-state index < -0.39 is 0 Å². The van der Waals surface area contributed by atoms with Crippen molar-refractivity contribution in [2.75, 3.05) is 60.5 Å². The molecule has 0 radical (unpaired) electrons. The van der Waals surface area contributed by atoms with E-state index in [2.05, 4.69) is 58.3 Å². The number of hydrogen-bond donors (Lipinski definition) is 2. The van der Waals surface area contributed by atoms with Crippen molar-refractivity contribution in [1.82, 2.24) is 20.4 Å². The number of ether oxygens (including phenoxy) is 2. The highest BCUT2D eigenvalue weighted by Gasteiger charge is 2.20. The van der Waals surface area contributed by atoms with Gasteiger partial charge in [0.2, 0.25) is 0 Å².